The Morgan fingerprint density at radius 1 is 1.21 bits per heavy atom. The number of amides is 1. The number of aryl methyl sites for hydroxylation is 1. The Kier molecular flexibility index (Phi) is 6.29. The second-order valence-corrected chi connectivity index (χ2v) is 7.15. The fraction of sp³-hybridized carbons (Fsp3) is 0.364. The van der Waals surface area contributed by atoms with E-state index < -0.39 is 0 Å². The quantitative estimate of drug-likeness (QED) is 0.775. The van der Waals surface area contributed by atoms with E-state index in [4.69, 9.17) is 4.74 Å². The van der Waals surface area contributed by atoms with Gasteiger partial charge in [-0.25, -0.2) is 4.39 Å². The zero-order chi connectivity index (χ0) is 20.1. The number of carbonyl (C=O) groups is 2. The summed E-state index contributed by atoms with van der Waals surface area (Å²) in [6.07, 6.45) is 1.85. The van der Waals surface area contributed by atoms with Crippen LogP contribution >= 0.6 is 0 Å². The number of benzene rings is 2. The van der Waals surface area contributed by atoms with E-state index in [9.17, 15) is 14.0 Å². The van der Waals surface area contributed by atoms with Crippen LogP contribution in [-0.4, -0.2) is 37.4 Å². The van der Waals surface area contributed by atoms with E-state index in [1.807, 2.05) is 6.92 Å². The van der Waals surface area contributed by atoms with Gasteiger partial charge in [0.15, 0.2) is 12.4 Å². The van der Waals surface area contributed by atoms with Gasteiger partial charge in [0.05, 0.1) is 0 Å². The van der Waals surface area contributed by atoms with Crippen LogP contribution in [0.3, 0.4) is 0 Å². The Morgan fingerprint density at radius 2 is 1.96 bits per heavy atom. The van der Waals surface area contributed by atoms with Gasteiger partial charge in [0.2, 0.25) is 0 Å². The average molecular weight is 384 g/mol. The van der Waals surface area contributed by atoms with Gasteiger partial charge >= 0.3 is 0 Å². The molecule has 1 atom stereocenters. The SMILES string of the molecule is CC(=O)c1ccc(OCC(=O)NC2CCCN(c3ccc(F)cc3C)C2)cc1. The molecule has 0 aliphatic carbocycles. The van der Waals surface area contributed by atoms with Crippen molar-refractivity contribution in [3.05, 3.63) is 59.4 Å². The van der Waals surface area contributed by atoms with Crippen LogP contribution in [0.15, 0.2) is 42.5 Å². The van der Waals surface area contributed by atoms with E-state index in [0.717, 1.165) is 30.6 Å². The predicted molar refractivity (Wildman–Crippen MR) is 106 cm³/mol. The van der Waals surface area contributed by atoms with Crippen molar-refractivity contribution in [2.24, 2.45) is 0 Å². The lowest BCUT2D eigenvalue weighted by Crippen LogP contribution is -2.49. The summed E-state index contributed by atoms with van der Waals surface area (Å²) in [7, 11) is 0. The number of halogens is 1. The van der Waals surface area contributed by atoms with Crippen molar-refractivity contribution in [1.29, 1.82) is 0 Å². The van der Waals surface area contributed by atoms with Crippen molar-refractivity contribution in [2.45, 2.75) is 32.7 Å². The molecule has 1 N–H and O–H groups in total. The van der Waals surface area contributed by atoms with Gasteiger partial charge in [-0.2, -0.15) is 0 Å². The molecule has 0 aromatic heterocycles. The van der Waals surface area contributed by atoms with Crippen LogP contribution in [0.4, 0.5) is 10.1 Å². The topological polar surface area (TPSA) is 58.6 Å². The predicted octanol–water partition coefficient (Wildman–Crippen LogP) is 3.50. The lowest BCUT2D eigenvalue weighted by molar-refractivity contribution is -0.123. The van der Waals surface area contributed by atoms with Gasteiger partial charge in [0.1, 0.15) is 11.6 Å². The molecule has 28 heavy (non-hydrogen) atoms. The monoisotopic (exact) mass is 384 g/mol. The molecule has 0 radical (unpaired) electrons. The first-order valence-corrected chi connectivity index (χ1v) is 9.46. The van der Waals surface area contributed by atoms with Crippen molar-refractivity contribution in [3.63, 3.8) is 0 Å². The maximum absolute atomic E-state index is 13.3. The van der Waals surface area contributed by atoms with E-state index in [1.165, 1.54) is 19.1 Å². The molecule has 1 amide bonds. The number of hydrogen-bond donors (Lipinski definition) is 1. The Morgan fingerprint density at radius 3 is 2.64 bits per heavy atom. The van der Waals surface area contributed by atoms with E-state index in [1.54, 1.807) is 30.3 Å². The van der Waals surface area contributed by atoms with Gasteiger partial charge in [0.25, 0.3) is 5.91 Å². The number of rotatable bonds is 6. The number of Topliss-reactive ketones (excluding diaryl/α,β-unsaturated/α-hetero) is 1. The molecule has 2 aromatic rings. The second kappa shape index (κ2) is 8.87. The first-order valence-electron chi connectivity index (χ1n) is 9.46. The van der Waals surface area contributed by atoms with Crippen LogP contribution < -0.4 is 15.0 Å². The zero-order valence-electron chi connectivity index (χ0n) is 16.2. The van der Waals surface area contributed by atoms with Gasteiger partial charge in [-0.3, -0.25) is 9.59 Å². The van der Waals surface area contributed by atoms with Crippen molar-refractivity contribution in [2.75, 3.05) is 24.6 Å². The summed E-state index contributed by atoms with van der Waals surface area (Å²) in [6.45, 7) is 4.89. The number of nitrogens with one attached hydrogen (secondary N) is 1. The average Bonchev–Trinajstić information content (AvgIpc) is 2.67. The minimum atomic E-state index is -0.239. The maximum Gasteiger partial charge on any atom is 0.258 e. The molecule has 5 nitrogen and oxygen atoms in total. The fourth-order valence-corrected chi connectivity index (χ4v) is 3.49. The minimum absolute atomic E-state index is 0.0115. The number of ether oxygens (including phenoxy) is 1. The van der Waals surface area contributed by atoms with Crippen LogP contribution in [0.1, 0.15) is 35.7 Å². The summed E-state index contributed by atoms with van der Waals surface area (Å²) in [4.78, 5) is 25.7. The normalized spacial score (nSPS) is 16.5. The highest BCUT2D eigenvalue weighted by molar-refractivity contribution is 5.94. The lowest BCUT2D eigenvalue weighted by Gasteiger charge is -2.35. The molecule has 0 bridgehead atoms. The van der Waals surface area contributed by atoms with Crippen molar-refractivity contribution in [3.8, 4) is 5.75 Å². The standard InChI is InChI=1S/C22H25FN2O3/c1-15-12-18(23)7-10-21(15)25-11-3-4-19(13-25)24-22(27)14-28-20-8-5-17(6-9-20)16(2)26/h5-10,12,19H,3-4,11,13-14H2,1-2H3,(H,24,27). The highest BCUT2D eigenvalue weighted by atomic mass is 19.1. The van der Waals surface area contributed by atoms with Gasteiger partial charge in [-0.05, 0) is 74.7 Å². The van der Waals surface area contributed by atoms with E-state index >= 15 is 0 Å². The van der Waals surface area contributed by atoms with Crippen LogP contribution in [0.2, 0.25) is 0 Å². The number of piperidine rings is 1. The molecule has 1 aliphatic rings. The Balaban J connectivity index is 1.51. The lowest BCUT2D eigenvalue weighted by atomic mass is 10.0. The molecule has 1 fully saturated rings. The molecule has 148 valence electrons. The summed E-state index contributed by atoms with van der Waals surface area (Å²) in [6, 6.07) is 11.5. The first kappa shape index (κ1) is 19.9. The van der Waals surface area contributed by atoms with Crippen molar-refractivity contribution >= 4 is 17.4 Å². The fourth-order valence-electron chi connectivity index (χ4n) is 3.49. The van der Waals surface area contributed by atoms with Crippen LogP contribution in [0.5, 0.6) is 5.75 Å². The number of hydrogen-bond acceptors (Lipinski definition) is 4. The molecule has 2 aromatic carbocycles. The Hall–Kier alpha value is -2.89. The van der Waals surface area contributed by atoms with Crippen LogP contribution in [-0.2, 0) is 4.79 Å². The van der Waals surface area contributed by atoms with Crippen LogP contribution in [0.25, 0.3) is 0 Å². The third-order valence-corrected chi connectivity index (χ3v) is 4.92. The summed E-state index contributed by atoms with van der Waals surface area (Å²) in [5.41, 5.74) is 2.50. The van der Waals surface area contributed by atoms with Gasteiger partial charge in [-0.15, -0.1) is 0 Å². The van der Waals surface area contributed by atoms with E-state index in [0.29, 0.717) is 17.9 Å². The highest BCUT2D eigenvalue weighted by Crippen LogP contribution is 2.24. The molecule has 0 saturated carbocycles. The first-order chi connectivity index (χ1) is 13.4. The smallest absolute Gasteiger partial charge is 0.258 e. The molecule has 1 heterocycles. The summed E-state index contributed by atoms with van der Waals surface area (Å²) >= 11 is 0. The van der Waals surface area contributed by atoms with Crippen molar-refractivity contribution in [1.82, 2.24) is 5.32 Å². The second-order valence-electron chi connectivity index (χ2n) is 7.15. The Labute approximate surface area is 164 Å². The number of ketones is 1. The van der Waals surface area contributed by atoms with E-state index in [2.05, 4.69) is 10.2 Å². The number of anilines is 1. The molecule has 1 saturated heterocycles. The Bertz CT molecular complexity index is 851. The summed E-state index contributed by atoms with van der Waals surface area (Å²) < 4.78 is 18.9. The minimum Gasteiger partial charge on any atom is -0.484 e. The third kappa shape index (κ3) is 5.09. The number of carbonyl (C=O) groups excluding carboxylic acids is 2. The molecular formula is C22H25FN2O3. The molecule has 3 rings (SSSR count). The van der Waals surface area contributed by atoms with E-state index in [-0.39, 0.29) is 30.2 Å². The van der Waals surface area contributed by atoms with Crippen molar-refractivity contribution < 1.29 is 18.7 Å². The largest absolute Gasteiger partial charge is 0.484 e. The molecule has 1 aliphatic heterocycles. The number of nitrogens with zero attached hydrogens (tertiary/aromatic N) is 1. The molecule has 1 unspecified atom stereocenters. The van der Waals surface area contributed by atoms with Gasteiger partial charge in [-0.1, -0.05) is 0 Å². The third-order valence-electron chi connectivity index (χ3n) is 4.92. The van der Waals surface area contributed by atoms with Crippen LogP contribution in [0, 0.1) is 12.7 Å². The maximum atomic E-state index is 13.3. The van der Waals surface area contributed by atoms with Gasteiger partial charge < -0.3 is 15.0 Å². The highest BCUT2D eigenvalue weighted by Gasteiger charge is 2.22. The molecular weight excluding hydrogens is 359 g/mol. The summed E-state index contributed by atoms with van der Waals surface area (Å²) in [5.74, 6) is 0.116. The molecule has 0 spiro atoms. The zero-order valence-corrected chi connectivity index (χ0v) is 16.2. The molecule has 6 heteroatoms. The summed E-state index contributed by atoms with van der Waals surface area (Å²) in [5, 5.41) is 3.02. The van der Waals surface area contributed by atoms with Gasteiger partial charge in [0, 0.05) is 30.4 Å².